The SMILES string of the molecule is Cc1cc(Br)cc(/C=[NH+]/S(=O)C(C)(C)C)c1F. The summed E-state index contributed by atoms with van der Waals surface area (Å²) >= 11 is 3.30. The lowest BCUT2D eigenvalue weighted by atomic mass is 10.1. The summed E-state index contributed by atoms with van der Waals surface area (Å²) in [7, 11) is -1.25. The molecular formula is C12H16BrFNOS+. The van der Waals surface area contributed by atoms with Crippen molar-refractivity contribution in [3.8, 4) is 0 Å². The lowest BCUT2D eigenvalue weighted by Gasteiger charge is -2.07. The fourth-order valence-electron chi connectivity index (χ4n) is 1.15. The van der Waals surface area contributed by atoms with E-state index >= 15 is 0 Å². The topological polar surface area (TPSA) is 31.0 Å². The van der Waals surface area contributed by atoms with Crippen molar-refractivity contribution in [2.24, 2.45) is 0 Å². The summed E-state index contributed by atoms with van der Waals surface area (Å²) in [4.78, 5) is 0. The molecule has 1 aromatic rings. The molecule has 0 spiro atoms. The van der Waals surface area contributed by atoms with Gasteiger partial charge in [-0.25, -0.2) is 4.39 Å². The van der Waals surface area contributed by atoms with Gasteiger partial charge in [0.25, 0.3) is 11.0 Å². The normalized spacial score (nSPS) is 14.2. The van der Waals surface area contributed by atoms with Crippen LogP contribution in [0, 0.1) is 12.7 Å². The molecule has 0 aliphatic rings. The minimum atomic E-state index is -1.25. The van der Waals surface area contributed by atoms with Crippen molar-refractivity contribution in [2.45, 2.75) is 32.4 Å². The van der Waals surface area contributed by atoms with Gasteiger partial charge in [-0.1, -0.05) is 15.9 Å². The number of benzene rings is 1. The van der Waals surface area contributed by atoms with E-state index in [0.717, 1.165) is 4.47 Å². The maximum atomic E-state index is 13.7. The molecule has 1 unspecified atom stereocenters. The average molecular weight is 321 g/mol. The fourth-order valence-corrected chi connectivity index (χ4v) is 2.33. The van der Waals surface area contributed by atoms with Crippen LogP contribution in [-0.2, 0) is 11.0 Å². The van der Waals surface area contributed by atoms with Crippen molar-refractivity contribution in [3.63, 3.8) is 0 Å². The van der Waals surface area contributed by atoms with Crippen LogP contribution in [0.25, 0.3) is 0 Å². The molecule has 0 saturated heterocycles. The molecule has 0 saturated carbocycles. The van der Waals surface area contributed by atoms with Gasteiger partial charge in [-0.2, -0.15) is 8.61 Å². The molecule has 2 nitrogen and oxygen atoms in total. The summed E-state index contributed by atoms with van der Waals surface area (Å²) in [6, 6.07) is 3.35. The third-order valence-electron chi connectivity index (χ3n) is 2.13. The Morgan fingerprint density at radius 2 is 2.00 bits per heavy atom. The Labute approximate surface area is 112 Å². The van der Waals surface area contributed by atoms with Gasteiger partial charge in [0.2, 0.25) is 0 Å². The van der Waals surface area contributed by atoms with Crippen molar-refractivity contribution in [2.75, 3.05) is 0 Å². The van der Waals surface area contributed by atoms with Gasteiger partial charge < -0.3 is 0 Å². The molecule has 94 valence electrons. The zero-order chi connectivity index (χ0) is 13.2. The molecule has 0 radical (unpaired) electrons. The molecule has 0 aromatic heterocycles. The first-order valence-electron chi connectivity index (χ1n) is 5.18. The predicted octanol–water partition coefficient (Wildman–Crippen LogP) is 1.86. The van der Waals surface area contributed by atoms with E-state index in [2.05, 4.69) is 20.3 Å². The first-order valence-corrected chi connectivity index (χ1v) is 7.13. The van der Waals surface area contributed by atoms with Crippen LogP contribution in [0.15, 0.2) is 16.6 Å². The van der Waals surface area contributed by atoms with Crippen molar-refractivity contribution in [1.29, 1.82) is 0 Å². The van der Waals surface area contributed by atoms with Crippen LogP contribution in [0.2, 0.25) is 0 Å². The lowest BCUT2D eigenvalue weighted by Crippen LogP contribution is -2.74. The molecule has 0 aliphatic carbocycles. The Morgan fingerprint density at radius 1 is 1.41 bits per heavy atom. The van der Waals surface area contributed by atoms with Crippen LogP contribution in [0.5, 0.6) is 0 Å². The Balaban J connectivity index is 3.04. The summed E-state index contributed by atoms with van der Waals surface area (Å²) < 4.78 is 28.6. The van der Waals surface area contributed by atoms with Gasteiger partial charge in [-0.05, 0) is 45.4 Å². The van der Waals surface area contributed by atoms with E-state index in [1.807, 2.05) is 20.8 Å². The molecule has 0 fully saturated rings. The number of hydrogen-bond acceptors (Lipinski definition) is 1. The standard InChI is InChI=1S/C12H15BrFNOS/c1-8-5-10(13)6-9(11(8)14)7-15-17(16)12(2,3)4/h5-7H,1-4H3/p+1/b15-7+. The van der Waals surface area contributed by atoms with Gasteiger partial charge >= 0.3 is 0 Å². The highest BCUT2D eigenvalue weighted by molar-refractivity contribution is 9.10. The summed E-state index contributed by atoms with van der Waals surface area (Å²) in [6.45, 7) is 7.25. The van der Waals surface area contributed by atoms with E-state index in [9.17, 15) is 8.60 Å². The summed E-state index contributed by atoms with van der Waals surface area (Å²) in [5.74, 6) is -0.299. The van der Waals surface area contributed by atoms with Crippen molar-refractivity contribution >= 4 is 33.1 Å². The molecule has 1 N–H and O–H groups in total. The lowest BCUT2D eigenvalue weighted by molar-refractivity contribution is -0.252. The van der Waals surface area contributed by atoms with E-state index < -0.39 is 11.0 Å². The van der Waals surface area contributed by atoms with E-state index in [4.69, 9.17) is 0 Å². The van der Waals surface area contributed by atoms with Gasteiger partial charge in [-0.3, -0.25) is 0 Å². The van der Waals surface area contributed by atoms with Gasteiger partial charge in [0.15, 0.2) is 6.21 Å². The van der Waals surface area contributed by atoms with E-state index in [1.165, 1.54) is 6.21 Å². The first kappa shape index (κ1) is 14.5. The number of hydrogen-bond donors (Lipinski definition) is 1. The largest absolute Gasteiger partial charge is 0.285 e. The van der Waals surface area contributed by atoms with Crippen molar-refractivity contribution in [3.05, 3.63) is 33.5 Å². The maximum Gasteiger partial charge on any atom is 0.285 e. The van der Waals surface area contributed by atoms with Gasteiger partial charge in [0.1, 0.15) is 5.82 Å². The van der Waals surface area contributed by atoms with Crippen LogP contribution in [0.4, 0.5) is 4.39 Å². The second-order valence-electron chi connectivity index (χ2n) is 4.77. The van der Waals surface area contributed by atoms with Crippen LogP contribution in [0.3, 0.4) is 0 Å². The minimum Gasteiger partial charge on any atom is -0.206 e. The Morgan fingerprint density at radius 3 is 2.53 bits per heavy atom. The van der Waals surface area contributed by atoms with Crippen molar-refractivity contribution in [1.82, 2.24) is 0 Å². The molecule has 1 rings (SSSR count). The summed E-state index contributed by atoms with van der Waals surface area (Å²) in [5, 5.41) is 0. The Bertz CT molecular complexity index is 480. The first-order chi connectivity index (χ1) is 7.71. The minimum absolute atomic E-state index is 0.299. The molecule has 0 bridgehead atoms. The predicted molar refractivity (Wildman–Crippen MR) is 72.9 cm³/mol. The second-order valence-corrected chi connectivity index (χ2v) is 7.68. The smallest absolute Gasteiger partial charge is 0.206 e. The third kappa shape index (κ3) is 4.00. The van der Waals surface area contributed by atoms with Gasteiger partial charge in [0.05, 0.1) is 10.3 Å². The molecule has 17 heavy (non-hydrogen) atoms. The van der Waals surface area contributed by atoms with Gasteiger partial charge in [0, 0.05) is 4.47 Å². The number of nitrogens with one attached hydrogen (secondary N) is 1. The molecule has 5 heteroatoms. The third-order valence-corrected chi connectivity index (χ3v) is 4.03. The van der Waals surface area contributed by atoms with E-state index in [0.29, 0.717) is 11.1 Å². The number of halogens is 2. The van der Waals surface area contributed by atoms with E-state index in [1.54, 1.807) is 19.1 Å². The number of aryl methyl sites for hydroxylation is 1. The summed E-state index contributed by atoms with van der Waals surface area (Å²) in [6.07, 6.45) is 1.45. The molecule has 0 aliphatic heterocycles. The maximum absolute atomic E-state index is 13.7. The van der Waals surface area contributed by atoms with Crippen LogP contribution < -0.4 is 4.40 Å². The zero-order valence-corrected chi connectivity index (χ0v) is 12.7. The Hall–Kier alpha value is -0.550. The quantitative estimate of drug-likeness (QED) is 0.828. The zero-order valence-electron chi connectivity index (χ0n) is 10.3. The molecule has 1 atom stereocenters. The molecule has 0 amide bonds. The number of rotatable bonds is 2. The average Bonchev–Trinajstić information content (AvgIpc) is 2.19. The van der Waals surface area contributed by atoms with Crippen LogP contribution >= 0.6 is 15.9 Å². The highest BCUT2D eigenvalue weighted by atomic mass is 79.9. The Kier molecular flexibility index (Phi) is 4.61. The van der Waals surface area contributed by atoms with Crippen LogP contribution in [0.1, 0.15) is 31.9 Å². The second kappa shape index (κ2) is 5.40. The molecule has 1 aromatic carbocycles. The van der Waals surface area contributed by atoms with Crippen molar-refractivity contribution < 1.29 is 13.0 Å². The molecular weight excluding hydrogens is 305 g/mol. The highest BCUT2D eigenvalue weighted by Gasteiger charge is 2.24. The molecule has 0 heterocycles. The monoisotopic (exact) mass is 320 g/mol. The fraction of sp³-hybridized carbons (Fsp3) is 0.417. The highest BCUT2D eigenvalue weighted by Crippen LogP contribution is 2.17. The van der Waals surface area contributed by atoms with Crippen LogP contribution in [-0.4, -0.2) is 15.2 Å². The van der Waals surface area contributed by atoms with Gasteiger partial charge in [-0.15, -0.1) is 0 Å². The summed E-state index contributed by atoms with van der Waals surface area (Å²) in [5.41, 5.74) is 0.948. The van der Waals surface area contributed by atoms with E-state index in [-0.39, 0.29) is 10.6 Å².